The van der Waals surface area contributed by atoms with E-state index in [2.05, 4.69) is 17.3 Å². The number of aryl methyl sites for hydroxylation is 1. The molecule has 0 spiro atoms. The lowest BCUT2D eigenvalue weighted by Gasteiger charge is -2.33. The molecule has 2 N–H and O–H groups in total. The molecule has 2 aromatic carbocycles. The number of hydrogen-bond acceptors (Lipinski definition) is 4. The van der Waals surface area contributed by atoms with Gasteiger partial charge in [-0.1, -0.05) is 18.2 Å². The number of carbonyl (C=O) groups is 1. The molecular weight excluding hydrogens is 332 g/mol. The molecule has 1 aliphatic rings. The molecule has 1 heterocycles. The number of anilines is 2. The molecule has 2 aromatic rings. The summed E-state index contributed by atoms with van der Waals surface area (Å²) in [5.41, 5.74) is 2.47. The van der Waals surface area contributed by atoms with E-state index in [9.17, 15) is 14.9 Å². The maximum absolute atomic E-state index is 12.6. The molecular formula is C19H23N4O3+. The number of quaternary nitrogens is 1. The number of nitro groups is 1. The molecule has 3 rings (SSSR count). The number of nitro benzene ring substituents is 1. The number of nitrogens with one attached hydrogen (secondary N) is 2. The average Bonchev–Trinajstić information content (AvgIpc) is 2.63. The monoisotopic (exact) mass is 355 g/mol. The van der Waals surface area contributed by atoms with Crippen molar-refractivity contribution >= 4 is 23.0 Å². The van der Waals surface area contributed by atoms with Gasteiger partial charge in [0.05, 0.1) is 49.5 Å². The Morgan fingerprint density at radius 1 is 1.19 bits per heavy atom. The Morgan fingerprint density at radius 2 is 1.88 bits per heavy atom. The summed E-state index contributed by atoms with van der Waals surface area (Å²) in [6.07, 6.45) is 0. The van der Waals surface area contributed by atoms with Crippen molar-refractivity contribution in [3.05, 3.63) is 63.7 Å². The van der Waals surface area contributed by atoms with Gasteiger partial charge in [0.25, 0.3) is 11.6 Å². The maximum Gasteiger partial charge on any atom is 0.273 e. The molecule has 0 aliphatic carbocycles. The van der Waals surface area contributed by atoms with Crippen LogP contribution in [0.4, 0.5) is 17.1 Å². The molecule has 0 unspecified atom stereocenters. The second-order valence-corrected chi connectivity index (χ2v) is 6.67. The normalized spacial score (nSPS) is 14.9. The Balaban J connectivity index is 1.82. The van der Waals surface area contributed by atoms with E-state index < -0.39 is 4.92 Å². The predicted octanol–water partition coefficient (Wildman–Crippen LogP) is 1.49. The lowest BCUT2D eigenvalue weighted by Crippen LogP contribution is -3.12. The highest BCUT2D eigenvalue weighted by Gasteiger charge is 2.21. The van der Waals surface area contributed by atoms with Crippen molar-refractivity contribution in [3.63, 3.8) is 0 Å². The van der Waals surface area contributed by atoms with Gasteiger partial charge < -0.3 is 15.1 Å². The molecule has 136 valence electrons. The highest BCUT2D eigenvalue weighted by atomic mass is 16.6. The second-order valence-electron chi connectivity index (χ2n) is 6.67. The highest BCUT2D eigenvalue weighted by Crippen LogP contribution is 2.27. The van der Waals surface area contributed by atoms with Crippen molar-refractivity contribution in [3.8, 4) is 0 Å². The predicted molar refractivity (Wildman–Crippen MR) is 101 cm³/mol. The first-order chi connectivity index (χ1) is 12.5. The number of benzene rings is 2. The quantitative estimate of drug-likeness (QED) is 0.643. The van der Waals surface area contributed by atoms with E-state index in [1.54, 1.807) is 19.1 Å². The number of likely N-dealkylation sites (N-methyl/N-ethyl adjacent to an activating group) is 1. The zero-order chi connectivity index (χ0) is 18.7. The van der Waals surface area contributed by atoms with Gasteiger partial charge in [-0.15, -0.1) is 0 Å². The number of amides is 1. The van der Waals surface area contributed by atoms with Crippen molar-refractivity contribution in [2.24, 2.45) is 0 Å². The fourth-order valence-corrected chi connectivity index (χ4v) is 3.13. The maximum atomic E-state index is 12.6. The zero-order valence-corrected chi connectivity index (χ0v) is 15.0. The first-order valence-electron chi connectivity index (χ1n) is 8.67. The van der Waals surface area contributed by atoms with Crippen LogP contribution in [0.3, 0.4) is 0 Å². The van der Waals surface area contributed by atoms with Crippen molar-refractivity contribution in [2.45, 2.75) is 6.92 Å². The van der Waals surface area contributed by atoms with Crippen LogP contribution in [0, 0.1) is 17.0 Å². The first kappa shape index (κ1) is 17.9. The summed E-state index contributed by atoms with van der Waals surface area (Å²) < 4.78 is 0. The van der Waals surface area contributed by atoms with Crippen molar-refractivity contribution in [2.75, 3.05) is 43.4 Å². The lowest BCUT2D eigenvalue weighted by molar-refractivity contribution is -0.880. The molecule has 1 aliphatic heterocycles. The van der Waals surface area contributed by atoms with Gasteiger partial charge in [-0.05, 0) is 25.1 Å². The Hall–Kier alpha value is -2.93. The third-order valence-corrected chi connectivity index (χ3v) is 4.78. The van der Waals surface area contributed by atoms with Crippen molar-refractivity contribution in [1.82, 2.24) is 0 Å². The summed E-state index contributed by atoms with van der Waals surface area (Å²) in [7, 11) is 2.18. The minimum Gasteiger partial charge on any atom is -0.359 e. The van der Waals surface area contributed by atoms with Crippen LogP contribution in [-0.4, -0.2) is 44.1 Å². The van der Waals surface area contributed by atoms with Crippen LogP contribution in [0.2, 0.25) is 0 Å². The molecule has 0 radical (unpaired) electrons. The van der Waals surface area contributed by atoms with Gasteiger partial charge in [-0.25, -0.2) is 0 Å². The highest BCUT2D eigenvalue weighted by molar-refractivity contribution is 6.06. The van der Waals surface area contributed by atoms with E-state index in [-0.39, 0.29) is 17.2 Å². The fraction of sp³-hybridized carbons (Fsp3) is 0.316. The van der Waals surface area contributed by atoms with Gasteiger partial charge >= 0.3 is 0 Å². The van der Waals surface area contributed by atoms with Crippen molar-refractivity contribution < 1.29 is 14.6 Å². The average molecular weight is 355 g/mol. The number of para-hydroxylation sites is 2. The number of rotatable bonds is 4. The summed E-state index contributed by atoms with van der Waals surface area (Å²) in [5, 5.41) is 14.0. The summed E-state index contributed by atoms with van der Waals surface area (Å²) in [5.74, 6) is -0.347. The molecule has 0 bridgehead atoms. The van der Waals surface area contributed by atoms with E-state index in [4.69, 9.17) is 0 Å². The minimum absolute atomic E-state index is 0.0482. The van der Waals surface area contributed by atoms with Crippen LogP contribution >= 0.6 is 0 Å². The molecule has 7 heteroatoms. The van der Waals surface area contributed by atoms with Gasteiger partial charge in [0, 0.05) is 17.2 Å². The Kier molecular flexibility index (Phi) is 5.18. The summed E-state index contributed by atoms with van der Waals surface area (Å²) >= 11 is 0. The summed E-state index contributed by atoms with van der Waals surface area (Å²) in [6.45, 7) is 5.60. The Morgan fingerprint density at radius 3 is 2.58 bits per heavy atom. The number of carbonyl (C=O) groups excluding carboxylic acids is 1. The first-order valence-corrected chi connectivity index (χ1v) is 8.67. The molecule has 26 heavy (non-hydrogen) atoms. The topological polar surface area (TPSA) is 79.9 Å². The largest absolute Gasteiger partial charge is 0.359 e. The number of hydrogen-bond donors (Lipinski definition) is 2. The zero-order valence-electron chi connectivity index (χ0n) is 15.0. The molecule has 1 saturated heterocycles. The molecule has 0 atom stereocenters. The minimum atomic E-state index is -0.466. The summed E-state index contributed by atoms with van der Waals surface area (Å²) in [6, 6.07) is 12.2. The molecule has 7 nitrogen and oxygen atoms in total. The van der Waals surface area contributed by atoms with E-state index in [1.165, 1.54) is 11.0 Å². The van der Waals surface area contributed by atoms with Crippen LogP contribution < -0.4 is 15.1 Å². The van der Waals surface area contributed by atoms with Gasteiger partial charge in [-0.2, -0.15) is 0 Å². The standard InChI is InChI=1S/C19H22N4O3/c1-14-7-8-15(13-18(14)23(25)26)19(24)20-16-5-3-4-6-17(16)22-11-9-21(2)10-12-22/h3-8,13H,9-12H2,1-2H3,(H,20,24)/p+1. The van der Waals surface area contributed by atoms with E-state index in [0.29, 0.717) is 5.56 Å². The molecule has 0 aromatic heterocycles. The second kappa shape index (κ2) is 7.53. The Bertz CT molecular complexity index is 829. The molecule has 1 amide bonds. The molecule has 1 fully saturated rings. The van der Waals surface area contributed by atoms with Gasteiger partial charge in [-0.3, -0.25) is 14.9 Å². The van der Waals surface area contributed by atoms with Crippen LogP contribution in [0.15, 0.2) is 42.5 Å². The van der Waals surface area contributed by atoms with E-state index >= 15 is 0 Å². The van der Waals surface area contributed by atoms with Gasteiger partial charge in [0.1, 0.15) is 0 Å². The Labute approximate surface area is 152 Å². The third kappa shape index (κ3) is 3.83. The number of piperazine rings is 1. The van der Waals surface area contributed by atoms with Gasteiger partial charge in [0.15, 0.2) is 0 Å². The van der Waals surface area contributed by atoms with Crippen LogP contribution in [0.5, 0.6) is 0 Å². The van der Waals surface area contributed by atoms with Gasteiger partial charge in [0.2, 0.25) is 0 Å². The van der Waals surface area contributed by atoms with Crippen LogP contribution in [-0.2, 0) is 0 Å². The van der Waals surface area contributed by atoms with Crippen LogP contribution in [0.25, 0.3) is 0 Å². The fourth-order valence-electron chi connectivity index (χ4n) is 3.13. The van der Waals surface area contributed by atoms with E-state index in [0.717, 1.165) is 37.6 Å². The van der Waals surface area contributed by atoms with E-state index in [1.807, 2.05) is 24.3 Å². The SMILES string of the molecule is Cc1ccc(C(=O)Nc2ccccc2N2CC[NH+](C)CC2)cc1[N+](=O)[O-]. The smallest absolute Gasteiger partial charge is 0.273 e. The lowest BCUT2D eigenvalue weighted by atomic mass is 10.1. The number of nitrogens with zero attached hydrogens (tertiary/aromatic N) is 2. The third-order valence-electron chi connectivity index (χ3n) is 4.78. The molecule has 0 saturated carbocycles. The van der Waals surface area contributed by atoms with Crippen LogP contribution in [0.1, 0.15) is 15.9 Å². The summed E-state index contributed by atoms with van der Waals surface area (Å²) in [4.78, 5) is 27.0. The van der Waals surface area contributed by atoms with Crippen molar-refractivity contribution in [1.29, 1.82) is 0 Å².